The number of nitrogens with one attached hydrogen (secondary N) is 1. The number of rotatable bonds is 5. The summed E-state index contributed by atoms with van der Waals surface area (Å²) < 4.78 is 5.13. The monoisotopic (exact) mass is 379 g/mol. The Hall–Kier alpha value is -2.86. The third-order valence-electron chi connectivity index (χ3n) is 5.49. The first-order valence-electron chi connectivity index (χ1n) is 9.72. The molecule has 2 aromatic rings. The zero-order valence-corrected chi connectivity index (χ0v) is 15.8. The molecule has 4 rings (SSSR count). The van der Waals surface area contributed by atoms with Gasteiger partial charge in [0.25, 0.3) is 0 Å². The van der Waals surface area contributed by atoms with Crippen LogP contribution in [0.4, 0.5) is 4.79 Å². The molecular weight excluding hydrogens is 354 g/mol. The smallest absolute Gasteiger partial charge is 0.407 e. The third kappa shape index (κ3) is 4.34. The lowest BCUT2D eigenvalue weighted by Gasteiger charge is -2.47. The van der Waals surface area contributed by atoms with Gasteiger partial charge in [-0.25, -0.2) is 4.79 Å². The van der Waals surface area contributed by atoms with Gasteiger partial charge in [-0.1, -0.05) is 54.6 Å². The van der Waals surface area contributed by atoms with Gasteiger partial charge in [0.2, 0.25) is 5.91 Å². The van der Waals surface area contributed by atoms with Crippen LogP contribution < -0.4 is 5.32 Å². The van der Waals surface area contributed by atoms with Crippen molar-refractivity contribution in [2.45, 2.75) is 25.6 Å². The van der Waals surface area contributed by atoms with Crippen molar-refractivity contribution >= 4 is 12.0 Å². The molecule has 0 spiro atoms. The number of hydrogen-bond acceptors (Lipinski definition) is 4. The Morgan fingerprint density at radius 3 is 2.50 bits per heavy atom. The average Bonchev–Trinajstić information content (AvgIpc) is 2.70. The summed E-state index contributed by atoms with van der Waals surface area (Å²) >= 11 is 0. The molecule has 0 atom stereocenters. The summed E-state index contributed by atoms with van der Waals surface area (Å²) in [5.41, 5.74) is 3.74. The van der Waals surface area contributed by atoms with Crippen molar-refractivity contribution < 1.29 is 14.3 Å². The number of carbonyl (C=O) groups excluding carboxylic acids is 2. The van der Waals surface area contributed by atoms with Gasteiger partial charge in [-0.15, -0.1) is 0 Å². The summed E-state index contributed by atoms with van der Waals surface area (Å²) in [4.78, 5) is 28.3. The molecule has 1 saturated heterocycles. The normalized spacial score (nSPS) is 16.8. The highest BCUT2D eigenvalue weighted by molar-refractivity contribution is 5.82. The van der Waals surface area contributed by atoms with Crippen LogP contribution in [0.15, 0.2) is 54.6 Å². The largest absolute Gasteiger partial charge is 0.445 e. The van der Waals surface area contributed by atoms with Gasteiger partial charge in [-0.2, -0.15) is 0 Å². The number of carbonyl (C=O) groups is 2. The highest BCUT2D eigenvalue weighted by Crippen LogP contribution is 2.24. The van der Waals surface area contributed by atoms with Crippen LogP contribution in [-0.4, -0.2) is 54.0 Å². The molecule has 0 unspecified atom stereocenters. The number of alkyl carbamates (subject to hydrolysis) is 1. The topological polar surface area (TPSA) is 61.9 Å². The Morgan fingerprint density at radius 2 is 1.71 bits per heavy atom. The molecule has 0 aliphatic carbocycles. The minimum Gasteiger partial charge on any atom is -0.445 e. The van der Waals surface area contributed by atoms with E-state index >= 15 is 0 Å². The SMILES string of the molecule is O=C(NCC(=O)N1CC(N2CCc3ccccc3C2)C1)OCc1ccccc1. The fourth-order valence-electron chi connectivity index (χ4n) is 3.75. The molecule has 6 nitrogen and oxygen atoms in total. The molecule has 0 aromatic heterocycles. The molecule has 146 valence electrons. The van der Waals surface area contributed by atoms with E-state index in [0.717, 1.165) is 38.2 Å². The zero-order valence-electron chi connectivity index (χ0n) is 15.8. The fraction of sp³-hybridized carbons (Fsp3) is 0.364. The van der Waals surface area contributed by atoms with E-state index in [1.807, 2.05) is 30.3 Å². The molecule has 28 heavy (non-hydrogen) atoms. The van der Waals surface area contributed by atoms with Gasteiger partial charge < -0.3 is 15.0 Å². The second-order valence-electron chi connectivity index (χ2n) is 7.36. The van der Waals surface area contributed by atoms with Crippen molar-refractivity contribution in [1.82, 2.24) is 15.1 Å². The van der Waals surface area contributed by atoms with Crippen LogP contribution in [0.1, 0.15) is 16.7 Å². The first-order chi connectivity index (χ1) is 13.7. The van der Waals surface area contributed by atoms with Crippen LogP contribution >= 0.6 is 0 Å². The molecule has 0 saturated carbocycles. The Balaban J connectivity index is 1.16. The van der Waals surface area contributed by atoms with E-state index < -0.39 is 6.09 Å². The number of amides is 2. The highest BCUT2D eigenvalue weighted by atomic mass is 16.5. The van der Waals surface area contributed by atoms with Gasteiger partial charge in [0.05, 0.1) is 0 Å². The van der Waals surface area contributed by atoms with Gasteiger partial charge >= 0.3 is 6.09 Å². The second-order valence-corrected chi connectivity index (χ2v) is 7.36. The number of likely N-dealkylation sites (tertiary alicyclic amines) is 1. The first-order valence-corrected chi connectivity index (χ1v) is 9.72. The summed E-state index contributed by atoms with van der Waals surface area (Å²) in [7, 11) is 0. The van der Waals surface area contributed by atoms with Crippen LogP contribution in [0.3, 0.4) is 0 Å². The molecule has 1 fully saturated rings. The van der Waals surface area contributed by atoms with Gasteiger partial charge in [-0.05, 0) is 23.1 Å². The van der Waals surface area contributed by atoms with Crippen LogP contribution in [0, 0.1) is 0 Å². The minimum absolute atomic E-state index is 0.0246. The lowest BCUT2D eigenvalue weighted by atomic mass is 9.96. The summed E-state index contributed by atoms with van der Waals surface area (Å²) in [5.74, 6) is -0.0645. The Morgan fingerprint density at radius 1 is 1.00 bits per heavy atom. The summed E-state index contributed by atoms with van der Waals surface area (Å²) in [6.45, 7) is 3.61. The predicted octanol–water partition coefficient (Wildman–Crippen LogP) is 2.18. The van der Waals surface area contributed by atoms with Crippen molar-refractivity contribution in [3.05, 3.63) is 71.3 Å². The van der Waals surface area contributed by atoms with Crippen molar-refractivity contribution in [3.63, 3.8) is 0 Å². The molecule has 6 heteroatoms. The van der Waals surface area contributed by atoms with Gasteiger partial charge in [0.15, 0.2) is 0 Å². The van der Waals surface area contributed by atoms with E-state index in [0.29, 0.717) is 6.04 Å². The first kappa shape index (κ1) is 18.5. The van der Waals surface area contributed by atoms with Gasteiger partial charge in [0.1, 0.15) is 13.2 Å². The summed E-state index contributed by atoms with van der Waals surface area (Å²) in [5, 5.41) is 2.54. The van der Waals surface area contributed by atoms with Gasteiger partial charge in [0, 0.05) is 32.2 Å². The van der Waals surface area contributed by atoms with E-state index in [9.17, 15) is 9.59 Å². The Kier molecular flexibility index (Phi) is 5.58. The van der Waals surface area contributed by atoms with E-state index in [4.69, 9.17) is 4.74 Å². The predicted molar refractivity (Wildman–Crippen MR) is 106 cm³/mol. The molecular formula is C22H25N3O3. The summed E-state index contributed by atoms with van der Waals surface area (Å²) in [6, 6.07) is 18.4. The molecule has 0 bridgehead atoms. The quantitative estimate of drug-likeness (QED) is 0.865. The number of fused-ring (bicyclic) bond motifs is 1. The van der Waals surface area contributed by atoms with Crippen LogP contribution in [0.25, 0.3) is 0 Å². The number of nitrogens with zero attached hydrogens (tertiary/aromatic N) is 2. The molecule has 0 radical (unpaired) electrons. The van der Waals surface area contributed by atoms with Crippen molar-refractivity contribution in [1.29, 1.82) is 0 Å². The van der Waals surface area contributed by atoms with Gasteiger partial charge in [-0.3, -0.25) is 9.69 Å². The summed E-state index contributed by atoms with van der Waals surface area (Å²) in [6.07, 6.45) is 0.497. The standard InChI is InChI=1S/C22H25N3O3/c26-21(12-23-22(27)28-16-17-6-2-1-3-7-17)25-14-20(15-25)24-11-10-18-8-4-5-9-19(18)13-24/h1-9,20H,10-16H2,(H,23,27). The molecule has 2 amide bonds. The maximum absolute atomic E-state index is 12.3. The van der Waals surface area contributed by atoms with E-state index in [-0.39, 0.29) is 19.1 Å². The second kappa shape index (κ2) is 8.44. The fourth-order valence-corrected chi connectivity index (χ4v) is 3.75. The molecule has 2 aliphatic heterocycles. The lowest BCUT2D eigenvalue weighted by Crippen LogP contribution is -2.62. The van der Waals surface area contributed by atoms with Crippen molar-refractivity contribution in [3.8, 4) is 0 Å². The van der Waals surface area contributed by atoms with Crippen LogP contribution in [0.5, 0.6) is 0 Å². The maximum atomic E-state index is 12.3. The lowest BCUT2D eigenvalue weighted by molar-refractivity contribution is -0.137. The van der Waals surface area contributed by atoms with E-state index in [2.05, 4.69) is 34.5 Å². The molecule has 2 aromatic carbocycles. The number of benzene rings is 2. The average molecular weight is 379 g/mol. The van der Waals surface area contributed by atoms with Crippen molar-refractivity contribution in [2.24, 2.45) is 0 Å². The highest BCUT2D eigenvalue weighted by Gasteiger charge is 2.35. The van der Waals surface area contributed by atoms with Crippen LogP contribution in [-0.2, 0) is 29.1 Å². The van der Waals surface area contributed by atoms with E-state index in [1.54, 1.807) is 4.90 Å². The molecule has 2 aliphatic rings. The number of hydrogen-bond donors (Lipinski definition) is 1. The Labute approximate surface area is 165 Å². The Bertz CT molecular complexity index is 834. The third-order valence-corrected chi connectivity index (χ3v) is 5.49. The minimum atomic E-state index is -0.568. The number of ether oxygens (including phenoxy) is 1. The molecule has 1 N–H and O–H groups in total. The van der Waals surface area contributed by atoms with Crippen LogP contribution in [0.2, 0.25) is 0 Å². The molecule has 2 heterocycles. The zero-order chi connectivity index (χ0) is 19.3. The van der Waals surface area contributed by atoms with Crippen molar-refractivity contribution in [2.75, 3.05) is 26.2 Å². The van der Waals surface area contributed by atoms with E-state index in [1.165, 1.54) is 11.1 Å². The maximum Gasteiger partial charge on any atom is 0.407 e.